The Morgan fingerprint density at radius 3 is 2.10 bits per heavy atom. The standard InChI is InChI=1S/C18H37NO2/c1-8-19(11-9-10-14(2)3)18(20)17(7)16(6)13-21-12-15(4)5/h14-17H,8-13H2,1-7H3. The number of hydrogen-bond donors (Lipinski definition) is 0. The largest absolute Gasteiger partial charge is 0.381 e. The minimum absolute atomic E-state index is 0.0381. The monoisotopic (exact) mass is 299 g/mol. The lowest BCUT2D eigenvalue weighted by Gasteiger charge is -2.28. The molecule has 0 N–H and O–H groups in total. The minimum Gasteiger partial charge on any atom is -0.381 e. The van der Waals surface area contributed by atoms with Gasteiger partial charge < -0.3 is 9.64 Å². The van der Waals surface area contributed by atoms with Crippen molar-refractivity contribution < 1.29 is 9.53 Å². The Kier molecular flexibility index (Phi) is 10.8. The molecule has 3 heteroatoms. The second-order valence-corrected chi connectivity index (χ2v) is 7.15. The molecule has 0 heterocycles. The van der Waals surface area contributed by atoms with E-state index in [4.69, 9.17) is 4.74 Å². The first-order valence-electron chi connectivity index (χ1n) is 8.66. The van der Waals surface area contributed by atoms with Crippen molar-refractivity contribution in [2.24, 2.45) is 23.7 Å². The molecule has 0 aliphatic rings. The van der Waals surface area contributed by atoms with Crippen molar-refractivity contribution in [3.05, 3.63) is 0 Å². The maximum atomic E-state index is 12.6. The maximum Gasteiger partial charge on any atom is 0.225 e. The van der Waals surface area contributed by atoms with Crippen LogP contribution in [0.4, 0.5) is 0 Å². The highest BCUT2D eigenvalue weighted by molar-refractivity contribution is 5.78. The summed E-state index contributed by atoms with van der Waals surface area (Å²) in [5, 5.41) is 0. The van der Waals surface area contributed by atoms with E-state index in [1.807, 2.05) is 11.8 Å². The van der Waals surface area contributed by atoms with Crippen LogP contribution >= 0.6 is 0 Å². The molecule has 2 unspecified atom stereocenters. The number of nitrogens with zero attached hydrogens (tertiary/aromatic N) is 1. The van der Waals surface area contributed by atoms with Crippen LogP contribution in [-0.4, -0.2) is 37.1 Å². The van der Waals surface area contributed by atoms with E-state index in [-0.39, 0.29) is 17.7 Å². The summed E-state index contributed by atoms with van der Waals surface area (Å²) < 4.78 is 5.68. The normalized spacial score (nSPS) is 14.5. The number of hydrogen-bond acceptors (Lipinski definition) is 2. The van der Waals surface area contributed by atoms with Gasteiger partial charge in [0.05, 0.1) is 0 Å². The van der Waals surface area contributed by atoms with Crippen molar-refractivity contribution >= 4 is 5.91 Å². The van der Waals surface area contributed by atoms with Crippen LogP contribution in [0, 0.1) is 23.7 Å². The zero-order valence-corrected chi connectivity index (χ0v) is 15.3. The van der Waals surface area contributed by atoms with Crippen molar-refractivity contribution in [1.82, 2.24) is 4.90 Å². The Morgan fingerprint density at radius 1 is 1.00 bits per heavy atom. The van der Waals surface area contributed by atoms with Crippen LogP contribution in [0.3, 0.4) is 0 Å². The Morgan fingerprint density at radius 2 is 1.62 bits per heavy atom. The number of amides is 1. The van der Waals surface area contributed by atoms with Crippen LogP contribution in [0.25, 0.3) is 0 Å². The molecule has 0 aliphatic heterocycles. The lowest BCUT2D eigenvalue weighted by atomic mass is 9.95. The van der Waals surface area contributed by atoms with Gasteiger partial charge in [0.25, 0.3) is 0 Å². The highest BCUT2D eigenvalue weighted by Gasteiger charge is 2.24. The summed E-state index contributed by atoms with van der Waals surface area (Å²) in [4.78, 5) is 14.6. The fourth-order valence-corrected chi connectivity index (χ4v) is 2.28. The Balaban J connectivity index is 4.23. The van der Waals surface area contributed by atoms with E-state index in [0.717, 1.165) is 26.1 Å². The average molecular weight is 299 g/mol. The lowest BCUT2D eigenvalue weighted by molar-refractivity contribution is -0.137. The molecule has 0 aromatic carbocycles. The summed E-state index contributed by atoms with van der Waals surface area (Å²) in [5.74, 6) is 1.85. The smallest absolute Gasteiger partial charge is 0.225 e. The molecule has 0 bridgehead atoms. The summed E-state index contributed by atoms with van der Waals surface area (Å²) in [6.07, 6.45) is 2.29. The van der Waals surface area contributed by atoms with E-state index in [9.17, 15) is 4.79 Å². The van der Waals surface area contributed by atoms with Gasteiger partial charge in [0.2, 0.25) is 5.91 Å². The van der Waals surface area contributed by atoms with E-state index in [2.05, 4.69) is 41.5 Å². The van der Waals surface area contributed by atoms with Gasteiger partial charge >= 0.3 is 0 Å². The van der Waals surface area contributed by atoms with Crippen molar-refractivity contribution in [3.63, 3.8) is 0 Å². The van der Waals surface area contributed by atoms with Crippen molar-refractivity contribution in [1.29, 1.82) is 0 Å². The fraction of sp³-hybridized carbons (Fsp3) is 0.944. The van der Waals surface area contributed by atoms with Crippen molar-refractivity contribution in [2.45, 2.75) is 61.3 Å². The number of carbonyl (C=O) groups excluding carboxylic acids is 1. The van der Waals surface area contributed by atoms with Gasteiger partial charge in [0, 0.05) is 32.2 Å². The third-order valence-electron chi connectivity index (χ3n) is 3.98. The Bertz CT molecular complexity index is 276. The first-order valence-corrected chi connectivity index (χ1v) is 8.66. The first-order chi connectivity index (χ1) is 9.79. The van der Waals surface area contributed by atoms with Gasteiger partial charge in [-0.3, -0.25) is 4.79 Å². The van der Waals surface area contributed by atoms with Crippen LogP contribution in [0.15, 0.2) is 0 Å². The number of carbonyl (C=O) groups is 1. The Hall–Kier alpha value is -0.570. The summed E-state index contributed by atoms with van der Waals surface area (Å²) >= 11 is 0. The molecule has 21 heavy (non-hydrogen) atoms. The van der Waals surface area contributed by atoms with E-state index in [1.165, 1.54) is 6.42 Å². The predicted octanol–water partition coefficient (Wildman–Crippen LogP) is 4.22. The summed E-state index contributed by atoms with van der Waals surface area (Å²) in [7, 11) is 0. The van der Waals surface area contributed by atoms with E-state index in [0.29, 0.717) is 18.4 Å². The molecule has 0 rings (SSSR count). The van der Waals surface area contributed by atoms with Gasteiger partial charge in [-0.1, -0.05) is 41.5 Å². The molecule has 3 nitrogen and oxygen atoms in total. The van der Waals surface area contributed by atoms with Gasteiger partial charge in [-0.25, -0.2) is 0 Å². The van der Waals surface area contributed by atoms with Gasteiger partial charge in [0.1, 0.15) is 0 Å². The SMILES string of the molecule is CCN(CCCC(C)C)C(=O)C(C)C(C)COCC(C)C. The molecule has 0 spiro atoms. The van der Waals surface area contributed by atoms with E-state index >= 15 is 0 Å². The molecule has 0 fully saturated rings. The summed E-state index contributed by atoms with van der Waals surface area (Å²) in [5.41, 5.74) is 0. The highest BCUT2D eigenvalue weighted by Crippen LogP contribution is 2.16. The van der Waals surface area contributed by atoms with Crippen LogP contribution in [0.2, 0.25) is 0 Å². The second-order valence-electron chi connectivity index (χ2n) is 7.15. The van der Waals surface area contributed by atoms with Gasteiger partial charge in [-0.2, -0.15) is 0 Å². The third-order valence-corrected chi connectivity index (χ3v) is 3.98. The van der Waals surface area contributed by atoms with Gasteiger partial charge in [-0.15, -0.1) is 0 Å². The molecule has 2 atom stereocenters. The third kappa shape index (κ3) is 9.13. The minimum atomic E-state index is 0.0381. The van der Waals surface area contributed by atoms with Crippen molar-refractivity contribution in [2.75, 3.05) is 26.3 Å². The molecule has 0 saturated heterocycles. The molecule has 126 valence electrons. The molecule has 0 saturated carbocycles. The molecule has 0 aromatic heterocycles. The second kappa shape index (κ2) is 11.1. The zero-order chi connectivity index (χ0) is 16.4. The number of rotatable bonds is 11. The summed E-state index contributed by atoms with van der Waals surface area (Å²) in [6.45, 7) is 18.1. The quantitative estimate of drug-likeness (QED) is 0.572. The van der Waals surface area contributed by atoms with Gasteiger partial charge in [-0.05, 0) is 37.5 Å². The summed E-state index contributed by atoms with van der Waals surface area (Å²) in [6, 6.07) is 0. The number of ether oxygens (including phenoxy) is 1. The Labute approximate surface area is 132 Å². The van der Waals surface area contributed by atoms with E-state index < -0.39 is 0 Å². The average Bonchev–Trinajstić information content (AvgIpc) is 2.41. The van der Waals surface area contributed by atoms with Crippen LogP contribution in [0.1, 0.15) is 61.3 Å². The van der Waals surface area contributed by atoms with Crippen LogP contribution in [0.5, 0.6) is 0 Å². The molecular formula is C18H37NO2. The van der Waals surface area contributed by atoms with Crippen molar-refractivity contribution in [3.8, 4) is 0 Å². The topological polar surface area (TPSA) is 29.5 Å². The van der Waals surface area contributed by atoms with Crippen LogP contribution < -0.4 is 0 Å². The molecular weight excluding hydrogens is 262 g/mol. The molecule has 0 aliphatic carbocycles. The zero-order valence-electron chi connectivity index (χ0n) is 15.3. The molecule has 0 radical (unpaired) electrons. The molecule has 1 amide bonds. The highest BCUT2D eigenvalue weighted by atomic mass is 16.5. The maximum absolute atomic E-state index is 12.6. The van der Waals surface area contributed by atoms with E-state index in [1.54, 1.807) is 0 Å². The first kappa shape index (κ1) is 20.4. The predicted molar refractivity (Wildman–Crippen MR) is 90.3 cm³/mol. The fourth-order valence-electron chi connectivity index (χ4n) is 2.28. The molecule has 0 aromatic rings. The van der Waals surface area contributed by atoms with Gasteiger partial charge in [0.15, 0.2) is 0 Å². The lowest BCUT2D eigenvalue weighted by Crippen LogP contribution is -2.39. The van der Waals surface area contributed by atoms with Crippen LogP contribution in [-0.2, 0) is 9.53 Å².